The van der Waals surface area contributed by atoms with Gasteiger partial charge in [-0.05, 0) is 36.2 Å². The summed E-state index contributed by atoms with van der Waals surface area (Å²) in [5.74, 6) is 0.889. The van der Waals surface area contributed by atoms with Crippen molar-refractivity contribution in [2.45, 2.75) is 19.4 Å². The fourth-order valence-corrected chi connectivity index (χ4v) is 2.20. The predicted octanol–water partition coefficient (Wildman–Crippen LogP) is 2.32. The molecule has 1 aromatic heterocycles. The zero-order valence-corrected chi connectivity index (χ0v) is 11.8. The van der Waals surface area contributed by atoms with Gasteiger partial charge in [0.15, 0.2) is 0 Å². The summed E-state index contributed by atoms with van der Waals surface area (Å²) >= 11 is 0. The first-order valence-electron chi connectivity index (χ1n) is 6.57. The van der Waals surface area contributed by atoms with Gasteiger partial charge in [0.1, 0.15) is 5.75 Å². The number of methoxy groups -OCH3 is 1. The van der Waals surface area contributed by atoms with E-state index < -0.39 is 0 Å². The maximum absolute atomic E-state index is 5.20. The highest BCUT2D eigenvalue weighted by Crippen LogP contribution is 2.21. The van der Waals surface area contributed by atoms with Crippen molar-refractivity contribution in [2.24, 2.45) is 7.05 Å². The highest BCUT2D eigenvalue weighted by Gasteiger charge is 2.12. The van der Waals surface area contributed by atoms with Gasteiger partial charge in [-0.15, -0.1) is 0 Å². The van der Waals surface area contributed by atoms with Crippen LogP contribution < -0.4 is 10.1 Å². The Kier molecular flexibility index (Phi) is 4.58. The minimum Gasteiger partial charge on any atom is -0.497 e. The Morgan fingerprint density at radius 2 is 2.05 bits per heavy atom. The number of benzene rings is 1. The van der Waals surface area contributed by atoms with E-state index in [2.05, 4.69) is 35.7 Å². The maximum Gasteiger partial charge on any atom is 0.118 e. The lowest BCUT2D eigenvalue weighted by molar-refractivity contribution is 0.414. The van der Waals surface area contributed by atoms with Gasteiger partial charge in [-0.2, -0.15) is 5.10 Å². The zero-order valence-electron chi connectivity index (χ0n) is 11.8. The van der Waals surface area contributed by atoms with Gasteiger partial charge in [0.2, 0.25) is 0 Å². The second-order valence-corrected chi connectivity index (χ2v) is 4.61. The molecule has 1 unspecified atom stereocenters. The number of rotatable bonds is 6. The van der Waals surface area contributed by atoms with E-state index in [9.17, 15) is 0 Å². The number of aromatic nitrogens is 2. The molecule has 0 bridgehead atoms. The molecule has 1 atom stereocenters. The third-order valence-corrected chi connectivity index (χ3v) is 3.17. The predicted molar refractivity (Wildman–Crippen MR) is 76.3 cm³/mol. The molecule has 0 amide bonds. The van der Waals surface area contributed by atoms with Gasteiger partial charge in [-0.25, -0.2) is 0 Å². The number of hydrogen-bond donors (Lipinski definition) is 1. The summed E-state index contributed by atoms with van der Waals surface area (Å²) in [5.41, 5.74) is 2.51. The Hall–Kier alpha value is -1.81. The minimum absolute atomic E-state index is 0.306. The first-order chi connectivity index (χ1) is 9.22. The van der Waals surface area contributed by atoms with E-state index in [1.54, 1.807) is 7.11 Å². The number of likely N-dealkylation sites (N-methyl/N-ethyl adjacent to an activating group) is 1. The highest BCUT2D eigenvalue weighted by atomic mass is 16.5. The number of aryl methyl sites for hydroxylation is 1. The molecule has 4 nitrogen and oxygen atoms in total. The van der Waals surface area contributed by atoms with E-state index in [-0.39, 0.29) is 0 Å². The molecular formula is C15H21N3O. The molecule has 2 aromatic rings. The quantitative estimate of drug-likeness (QED) is 0.865. The number of nitrogens with zero attached hydrogens (tertiary/aromatic N) is 2. The average Bonchev–Trinajstić information content (AvgIpc) is 2.84. The molecule has 0 saturated carbocycles. The molecule has 1 aromatic carbocycles. The van der Waals surface area contributed by atoms with Crippen molar-refractivity contribution >= 4 is 0 Å². The Labute approximate surface area is 114 Å². The number of hydrogen-bond acceptors (Lipinski definition) is 3. The largest absolute Gasteiger partial charge is 0.497 e. The fourth-order valence-electron chi connectivity index (χ4n) is 2.20. The summed E-state index contributed by atoms with van der Waals surface area (Å²) < 4.78 is 7.04. The molecule has 0 spiro atoms. The lowest BCUT2D eigenvalue weighted by Crippen LogP contribution is -2.22. The molecule has 1 heterocycles. The molecule has 0 radical (unpaired) electrons. The van der Waals surface area contributed by atoms with Gasteiger partial charge < -0.3 is 10.1 Å². The second-order valence-electron chi connectivity index (χ2n) is 4.61. The Balaban J connectivity index is 2.13. The second kappa shape index (κ2) is 6.38. The normalized spacial score (nSPS) is 12.4. The van der Waals surface area contributed by atoms with Crippen LogP contribution in [0.4, 0.5) is 0 Å². The Morgan fingerprint density at radius 1 is 1.32 bits per heavy atom. The van der Waals surface area contributed by atoms with Crippen LogP contribution in [0.5, 0.6) is 5.75 Å². The highest BCUT2D eigenvalue weighted by molar-refractivity contribution is 5.30. The number of ether oxygens (including phenoxy) is 1. The zero-order chi connectivity index (χ0) is 13.7. The van der Waals surface area contributed by atoms with Crippen molar-refractivity contribution in [1.29, 1.82) is 0 Å². The molecule has 0 fully saturated rings. The van der Waals surface area contributed by atoms with Gasteiger partial charge in [-0.1, -0.05) is 19.1 Å². The van der Waals surface area contributed by atoms with Crippen molar-refractivity contribution in [3.63, 3.8) is 0 Å². The first-order valence-corrected chi connectivity index (χ1v) is 6.57. The van der Waals surface area contributed by atoms with E-state index in [1.165, 1.54) is 11.1 Å². The summed E-state index contributed by atoms with van der Waals surface area (Å²) in [6.45, 7) is 3.07. The van der Waals surface area contributed by atoms with E-state index in [0.717, 1.165) is 18.7 Å². The molecule has 0 aliphatic carbocycles. The minimum atomic E-state index is 0.306. The molecular weight excluding hydrogens is 238 g/mol. The lowest BCUT2D eigenvalue weighted by atomic mass is 10.0. The summed E-state index contributed by atoms with van der Waals surface area (Å²) in [4.78, 5) is 0. The molecule has 4 heteroatoms. The van der Waals surface area contributed by atoms with Crippen LogP contribution >= 0.6 is 0 Å². The van der Waals surface area contributed by atoms with Crippen LogP contribution in [-0.4, -0.2) is 23.4 Å². The summed E-state index contributed by atoms with van der Waals surface area (Å²) in [7, 11) is 3.63. The van der Waals surface area contributed by atoms with Crippen molar-refractivity contribution in [3.8, 4) is 5.75 Å². The van der Waals surface area contributed by atoms with Gasteiger partial charge in [0.05, 0.1) is 13.3 Å². The van der Waals surface area contributed by atoms with Gasteiger partial charge in [0.25, 0.3) is 0 Å². The van der Waals surface area contributed by atoms with Crippen molar-refractivity contribution < 1.29 is 4.74 Å². The summed E-state index contributed by atoms with van der Waals surface area (Å²) in [6.07, 6.45) is 4.93. The van der Waals surface area contributed by atoms with Gasteiger partial charge in [0, 0.05) is 19.3 Å². The summed E-state index contributed by atoms with van der Waals surface area (Å²) in [5, 5.41) is 7.74. The topological polar surface area (TPSA) is 39.1 Å². The molecule has 2 rings (SSSR count). The van der Waals surface area contributed by atoms with Crippen LogP contribution in [0.3, 0.4) is 0 Å². The molecule has 1 N–H and O–H groups in total. The Morgan fingerprint density at radius 3 is 2.58 bits per heavy atom. The lowest BCUT2D eigenvalue weighted by Gasteiger charge is -2.18. The molecule has 19 heavy (non-hydrogen) atoms. The van der Waals surface area contributed by atoms with Crippen LogP contribution in [0.15, 0.2) is 36.7 Å². The molecule has 0 aliphatic rings. The molecule has 102 valence electrons. The van der Waals surface area contributed by atoms with Crippen molar-refractivity contribution in [3.05, 3.63) is 47.8 Å². The third-order valence-electron chi connectivity index (χ3n) is 3.17. The average molecular weight is 259 g/mol. The van der Waals surface area contributed by atoms with E-state index in [0.29, 0.717) is 6.04 Å². The SMILES string of the molecule is CCNC(Cc1cnn(C)c1)c1ccc(OC)cc1. The monoisotopic (exact) mass is 259 g/mol. The van der Waals surface area contributed by atoms with Crippen LogP contribution in [-0.2, 0) is 13.5 Å². The smallest absolute Gasteiger partial charge is 0.118 e. The van der Waals surface area contributed by atoms with Gasteiger partial charge in [-0.3, -0.25) is 4.68 Å². The third kappa shape index (κ3) is 3.58. The van der Waals surface area contributed by atoms with Crippen LogP contribution in [0, 0.1) is 0 Å². The van der Waals surface area contributed by atoms with Crippen molar-refractivity contribution in [2.75, 3.05) is 13.7 Å². The van der Waals surface area contributed by atoms with E-state index in [4.69, 9.17) is 4.74 Å². The maximum atomic E-state index is 5.20. The van der Waals surface area contributed by atoms with Crippen LogP contribution in [0.1, 0.15) is 24.1 Å². The van der Waals surface area contributed by atoms with Crippen LogP contribution in [0.2, 0.25) is 0 Å². The van der Waals surface area contributed by atoms with E-state index >= 15 is 0 Å². The fraction of sp³-hybridized carbons (Fsp3) is 0.400. The molecule has 0 saturated heterocycles. The standard InChI is InChI=1S/C15H21N3O/c1-4-16-15(9-12-10-17-18(2)11-12)13-5-7-14(19-3)8-6-13/h5-8,10-11,15-16H,4,9H2,1-3H3. The molecule has 0 aliphatic heterocycles. The van der Waals surface area contributed by atoms with Crippen LogP contribution in [0.25, 0.3) is 0 Å². The van der Waals surface area contributed by atoms with Gasteiger partial charge >= 0.3 is 0 Å². The first kappa shape index (κ1) is 13.6. The van der Waals surface area contributed by atoms with E-state index in [1.807, 2.05) is 30.1 Å². The Bertz CT molecular complexity index is 504. The number of nitrogens with one attached hydrogen (secondary N) is 1. The van der Waals surface area contributed by atoms with Crippen molar-refractivity contribution in [1.82, 2.24) is 15.1 Å². The summed E-state index contributed by atoms with van der Waals surface area (Å²) in [6, 6.07) is 8.54.